The van der Waals surface area contributed by atoms with Gasteiger partial charge in [-0.25, -0.2) is 9.48 Å². The Hall–Kier alpha value is -2.97. The van der Waals surface area contributed by atoms with Crippen molar-refractivity contribution in [3.05, 3.63) is 76.0 Å². The fraction of sp³-hybridized carbons (Fsp3) is 0.346. The summed E-state index contributed by atoms with van der Waals surface area (Å²) >= 11 is 7.81. The van der Waals surface area contributed by atoms with Crippen molar-refractivity contribution >= 4 is 35.3 Å². The van der Waals surface area contributed by atoms with Gasteiger partial charge in [0.05, 0.1) is 18.3 Å². The van der Waals surface area contributed by atoms with E-state index in [-0.39, 0.29) is 12.1 Å². The van der Waals surface area contributed by atoms with E-state index in [0.29, 0.717) is 39.8 Å². The summed E-state index contributed by atoms with van der Waals surface area (Å²) in [7, 11) is 0. The number of allylic oxidation sites excluding steroid dienone is 1. The van der Waals surface area contributed by atoms with Gasteiger partial charge >= 0.3 is 5.97 Å². The minimum absolute atomic E-state index is 0.0271. The Labute approximate surface area is 214 Å². The fourth-order valence-electron chi connectivity index (χ4n) is 3.83. The molecule has 35 heavy (non-hydrogen) atoms. The van der Waals surface area contributed by atoms with Crippen LogP contribution >= 0.6 is 23.4 Å². The molecule has 1 aliphatic rings. The molecule has 0 amide bonds. The van der Waals surface area contributed by atoms with E-state index in [0.717, 1.165) is 23.3 Å². The molecule has 7 nitrogen and oxygen atoms in total. The van der Waals surface area contributed by atoms with Gasteiger partial charge in [-0.3, -0.25) is 0 Å². The summed E-state index contributed by atoms with van der Waals surface area (Å²) in [6.07, 6.45) is 0.768. The third-order valence-electron chi connectivity index (χ3n) is 5.35. The number of carbonyl (C=O) groups excluding carboxylic acids is 1. The molecule has 1 aromatic heterocycles. The smallest absolute Gasteiger partial charge is 0.338 e. The average molecular weight is 513 g/mol. The molecule has 0 saturated carbocycles. The zero-order valence-electron chi connectivity index (χ0n) is 20.2. The highest BCUT2D eigenvalue weighted by Crippen LogP contribution is 2.38. The number of nitrogens with one attached hydrogen (secondary N) is 1. The molecule has 2 aromatic carbocycles. The summed E-state index contributed by atoms with van der Waals surface area (Å²) in [4.78, 5) is 17.8. The molecule has 1 atom stereocenters. The first-order valence-corrected chi connectivity index (χ1v) is 13.0. The molecule has 3 aromatic rings. The van der Waals surface area contributed by atoms with Crippen molar-refractivity contribution < 1.29 is 14.3 Å². The van der Waals surface area contributed by atoms with Gasteiger partial charge in [0.25, 0.3) is 0 Å². The molecule has 4 rings (SSSR count). The number of nitrogens with zero attached hydrogens (tertiary/aromatic N) is 3. The van der Waals surface area contributed by atoms with Crippen molar-refractivity contribution in [2.45, 2.75) is 57.2 Å². The lowest BCUT2D eigenvalue weighted by Crippen LogP contribution is -2.29. The lowest BCUT2D eigenvalue weighted by atomic mass is 9.95. The van der Waals surface area contributed by atoms with E-state index in [1.54, 1.807) is 4.68 Å². The molecule has 0 fully saturated rings. The monoisotopic (exact) mass is 512 g/mol. The zero-order valence-corrected chi connectivity index (χ0v) is 21.8. The molecule has 1 N–H and O–H groups in total. The number of ether oxygens (including phenoxy) is 2. The maximum absolute atomic E-state index is 13.1. The van der Waals surface area contributed by atoms with Crippen LogP contribution in [-0.2, 0) is 15.3 Å². The number of esters is 1. The fourth-order valence-corrected chi connectivity index (χ4v) is 4.94. The predicted molar refractivity (Wildman–Crippen MR) is 139 cm³/mol. The molecule has 0 aliphatic carbocycles. The summed E-state index contributed by atoms with van der Waals surface area (Å²) in [5.41, 5.74) is 3.06. The summed E-state index contributed by atoms with van der Waals surface area (Å²) in [5, 5.41) is 9.31. The van der Waals surface area contributed by atoms with E-state index >= 15 is 0 Å². The van der Waals surface area contributed by atoms with Crippen LogP contribution in [0.2, 0.25) is 5.02 Å². The molecule has 0 spiro atoms. The van der Waals surface area contributed by atoms with Crippen LogP contribution in [0.3, 0.4) is 0 Å². The number of carbonyl (C=O) groups is 1. The third kappa shape index (κ3) is 5.82. The predicted octanol–water partition coefficient (Wildman–Crippen LogP) is 6.25. The van der Waals surface area contributed by atoms with Gasteiger partial charge in [-0.2, -0.15) is 4.98 Å². The second-order valence-electron chi connectivity index (χ2n) is 8.48. The molecule has 184 valence electrons. The van der Waals surface area contributed by atoms with Gasteiger partial charge in [-0.15, -0.1) is 5.10 Å². The molecular formula is C26H29ClN4O3S. The van der Waals surface area contributed by atoms with Gasteiger partial charge in [0.2, 0.25) is 11.1 Å². The normalized spacial score (nSPS) is 15.1. The summed E-state index contributed by atoms with van der Waals surface area (Å²) in [5.74, 6) is 1.55. The maximum Gasteiger partial charge on any atom is 0.338 e. The van der Waals surface area contributed by atoms with Crippen molar-refractivity contribution in [3.8, 4) is 5.75 Å². The summed E-state index contributed by atoms with van der Waals surface area (Å²) in [6, 6.07) is 14.9. The first-order chi connectivity index (χ1) is 16.9. The Kier molecular flexibility index (Phi) is 8.03. The van der Waals surface area contributed by atoms with Crippen LogP contribution in [0.1, 0.15) is 51.3 Å². The summed E-state index contributed by atoms with van der Waals surface area (Å²) < 4.78 is 13.2. The number of hydrogen-bond donors (Lipinski definition) is 1. The minimum Gasteiger partial charge on any atom is -0.491 e. The van der Waals surface area contributed by atoms with Crippen LogP contribution in [0.25, 0.3) is 0 Å². The number of thioether (sulfide) groups is 1. The number of halogens is 1. The van der Waals surface area contributed by atoms with Crippen LogP contribution in [0.15, 0.2) is 65.0 Å². The third-order valence-corrected chi connectivity index (χ3v) is 6.61. The number of benzene rings is 2. The van der Waals surface area contributed by atoms with E-state index in [4.69, 9.17) is 31.2 Å². The van der Waals surface area contributed by atoms with Crippen LogP contribution in [0.4, 0.5) is 5.95 Å². The van der Waals surface area contributed by atoms with Crippen molar-refractivity contribution in [1.82, 2.24) is 14.8 Å². The second kappa shape index (κ2) is 11.2. The first-order valence-electron chi connectivity index (χ1n) is 11.6. The van der Waals surface area contributed by atoms with E-state index in [9.17, 15) is 4.79 Å². The zero-order chi connectivity index (χ0) is 24.9. The Morgan fingerprint density at radius 2 is 2.03 bits per heavy atom. The molecule has 1 aliphatic heterocycles. The van der Waals surface area contributed by atoms with Gasteiger partial charge < -0.3 is 14.8 Å². The standard InChI is InChI=1S/C26H29ClN4O3S/c1-5-13-33-24(32)22-17(4)28-25-29-26(35-15-19-9-6-7-12-21(19)27)30-31(25)23(22)18-10-8-11-20(14-18)34-16(2)3/h6-12,14,16,23H,5,13,15H2,1-4H3,(H,28,29,30). The quantitative estimate of drug-likeness (QED) is 0.268. The number of anilines is 1. The first kappa shape index (κ1) is 25.1. The average Bonchev–Trinajstić information content (AvgIpc) is 3.23. The lowest BCUT2D eigenvalue weighted by molar-refractivity contribution is -0.139. The second-order valence-corrected chi connectivity index (χ2v) is 9.83. The van der Waals surface area contributed by atoms with Crippen LogP contribution < -0.4 is 10.1 Å². The lowest BCUT2D eigenvalue weighted by Gasteiger charge is -2.28. The summed E-state index contributed by atoms with van der Waals surface area (Å²) in [6.45, 7) is 8.14. The van der Waals surface area contributed by atoms with Crippen molar-refractivity contribution in [2.24, 2.45) is 0 Å². The van der Waals surface area contributed by atoms with Gasteiger partial charge in [-0.05, 0) is 56.5 Å². The molecule has 0 radical (unpaired) electrons. The molecule has 9 heteroatoms. The van der Waals surface area contributed by atoms with E-state index < -0.39 is 6.04 Å². The highest BCUT2D eigenvalue weighted by molar-refractivity contribution is 7.98. The Morgan fingerprint density at radius 3 is 2.77 bits per heavy atom. The van der Waals surface area contributed by atoms with Crippen LogP contribution in [0.5, 0.6) is 5.75 Å². The van der Waals surface area contributed by atoms with Gasteiger partial charge in [0.1, 0.15) is 11.8 Å². The minimum atomic E-state index is -0.506. The Morgan fingerprint density at radius 1 is 1.23 bits per heavy atom. The van der Waals surface area contributed by atoms with E-state index in [1.165, 1.54) is 11.8 Å². The topological polar surface area (TPSA) is 78.3 Å². The number of hydrogen-bond acceptors (Lipinski definition) is 7. The van der Waals surface area contributed by atoms with Crippen molar-refractivity contribution in [3.63, 3.8) is 0 Å². The molecule has 0 saturated heterocycles. The number of fused-ring (bicyclic) bond motifs is 1. The molecule has 1 unspecified atom stereocenters. The van der Waals surface area contributed by atoms with Gasteiger partial charge in [-0.1, -0.05) is 60.6 Å². The Balaban J connectivity index is 1.71. The van der Waals surface area contributed by atoms with Gasteiger partial charge in [0, 0.05) is 16.5 Å². The van der Waals surface area contributed by atoms with E-state index in [1.807, 2.05) is 76.2 Å². The number of aromatic nitrogens is 3. The SMILES string of the molecule is CCCOC(=O)C1=C(C)Nc2nc(SCc3ccccc3Cl)nn2C1c1cccc(OC(C)C)c1. The van der Waals surface area contributed by atoms with Crippen molar-refractivity contribution in [2.75, 3.05) is 11.9 Å². The maximum atomic E-state index is 13.1. The molecule has 2 heterocycles. The Bertz CT molecular complexity index is 1240. The molecule has 0 bridgehead atoms. The van der Waals surface area contributed by atoms with Crippen molar-refractivity contribution in [1.29, 1.82) is 0 Å². The van der Waals surface area contributed by atoms with Crippen LogP contribution in [-0.4, -0.2) is 33.4 Å². The van der Waals surface area contributed by atoms with Gasteiger partial charge in [0.15, 0.2) is 0 Å². The van der Waals surface area contributed by atoms with Crippen LogP contribution in [0, 0.1) is 0 Å². The molecular weight excluding hydrogens is 484 g/mol. The van der Waals surface area contributed by atoms with E-state index in [2.05, 4.69) is 5.32 Å². The number of rotatable bonds is 9. The highest BCUT2D eigenvalue weighted by atomic mass is 35.5. The largest absolute Gasteiger partial charge is 0.491 e. The highest BCUT2D eigenvalue weighted by Gasteiger charge is 2.35.